The summed E-state index contributed by atoms with van der Waals surface area (Å²) in [6, 6.07) is 7.75. The van der Waals surface area contributed by atoms with Crippen molar-refractivity contribution in [2.75, 3.05) is 18.5 Å². The zero-order chi connectivity index (χ0) is 13.1. The number of tetrazole rings is 1. The van der Waals surface area contributed by atoms with Crippen LogP contribution in [0.15, 0.2) is 24.3 Å². The number of carbonyl (C=O) groups is 1. The van der Waals surface area contributed by atoms with Crippen molar-refractivity contribution < 1.29 is 4.79 Å². The number of benzene rings is 1. The summed E-state index contributed by atoms with van der Waals surface area (Å²) >= 11 is 0. The van der Waals surface area contributed by atoms with E-state index in [-0.39, 0.29) is 6.54 Å². The molecule has 0 saturated carbocycles. The van der Waals surface area contributed by atoms with Gasteiger partial charge in [-0.15, -0.1) is 0 Å². The van der Waals surface area contributed by atoms with Gasteiger partial charge >= 0.3 is 0 Å². The van der Waals surface area contributed by atoms with E-state index in [1.54, 1.807) is 16.6 Å². The minimum Gasteiger partial charge on any atom is -0.368 e. The van der Waals surface area contributed by atoms with Crippen LogP contribution in [0.5, 0.6) is 0 Å². The summed E-state index contributed by atoms with van der Waals surface area (Å²) in [5, 5.41) is 11.4. The molecule has 1 heterocycles. The maximum absolute atomic E-state index is 10.9. The highest BCUT2D eigenvalue weighted by Gasteiger charge is 2.14. The van der Waals surface area contributed by atoms with Crippen LogP contribution in [0.4, 0.5) is 5.95 Å². The van der Waals surface area contributed by atoms with Crippen molar-refractivity contribution in [2.24, 2.45) is 5.73 Å². The minimum absolute atomic E-state index is 0.0617. The third kappa shape index (κ3) is 2.45. The van der Waals surface area contributed by atoms with Crippen molar-refractivity contribution in [3.8, 4) is 5.69 Å². The van der Waals surface area contributed by atoms with Crippen LogP contribution in [-0.4, -0.2) is 39.7 Å². The molecule has 18 heavy (non-hydrogen) atoms. The fraction of sp³-hybridized carbons (Fsp3) is 0.273. The SMILES string of the molecule is Cc1ccc(-n2nnnc2N(C)CC(N)=O)cc1. The molecular weight excluding hydrogens is 232 g/mol. The summed E-state index contributed by atoms with van der Waals surface area (Å²) < 4.78 is 1.56. The van der Waals surface area contributed by atoms with Crippen LogP contribution in [0.2, 0.25) is 0 Å². The molecule has 0 aliphatic rings. The van der Waals surface area contributed by atoms with E-state index in [0.29, 0.717) is 5.95 Å². The Kier molecular flexibility index (Phi) is 3.22. The maximum atomic E-state index is 10.9. The van der Waals surface area contributed by atoms with Crippen molar-refractivity contribution in [2.45, 2.75) is 6.92 Å². The average molecular weight is 246 g/mol. The molecule has 1 aromatic heterocycles. The van der Waals surface area contributed by atoms with Gasteiger partial charge in [-0.2, -0.15) is 4.68 Å². The highest BCUT2D eigenvalue weighted by Crippen LogP contribution is 2.14. The molecule has 0 atom stereocenters. The number of rotatable bonds is 4. The molecule has 0 aliphatic heterocycles. The Bertz CT molecular complexity index is 547. The first kappa shape index (κ1) is 12.0. The zero-order valence-corrected chi connectivity index (χ0v) is 10.2. The number of hydrogen-bond donors (Lipinski definition) is 1. The molecule has 0 spiro atoms. The third-order valence-electron chi connectivity index (χ3n) is 2.47. The van der Waals surface area contributed by atoms with E-state index in [1.807, 2.05) is 31.2 Å². The monoisotopic (exact) mass is 246 g/mol. The zero-order valence-electron chi connectivity index (χ0n) is 10.2. The molecule has 2 aromatic rings. The highest BCUT2D eigenvalue weighted by atomic mass is 16.1. The Hall–Kier alpha value is -2.44. The van der Waals surface area contributed by atoms with Crippen molar-refractivity contribution in [3.63, 3.8) is 0 Å². The van der Waals surface area contributed by atoms with Gasteiger partial charge in [0.05, 0.1) is 12.2 Å². The topological polar surface area (TPSA) is 89.9 Å². The Morgan fingerprint density at radius 3 is 2.67 bits per heavy atom. The van der Waals surface area contributed by atoms with Gasteiger partial charge in [0, 0.05) is 7.05 Å². The Labute approximate surface area is 104 Å². The number of anilines is 1. The molecule has 94 valence electrons. The number of likely N-dealkylation sites (N-methyl/N-ethyl adjacent to an activating group) is 1. The van der Waals surface area contributed by atoms with Crippen molar-refractivity contribution in [1.29, 1.82) is 0 Å². The van der Waals surface area contributed by atoms with E-state index in [9.17, 15) is 4.79 Å². The number of nitrogens with two attached hydrogens (primary N) is 1. The van der Waals surface area contributed by atoms with E-state index in [1.165, 1.54) is 0 Å². The maximum Gasteiger partial charge on any atom is 0.250 e. The molecular formula is C11H14N6O. The lowest BCUT2D eigenvalue weighted by atomic mass is 10.2. The predicted octanol–water partition coefficient (Wildman–Crippen LogP) is -0.108. The summed E-state index contributed by atoms with van der Waals surface area (Å²) in [5.41, 5.74) is 7.13. The van der Waals surface area contributed by atoms with Crippen LogP contribution in [0.25, 0.3) is 5.69 Å². The number of aryl methyl sites for hydroxylation is 1. The minimum atomic E-state index is -0.434. The quantitative estimate of drug-likeness (QED) is 0.813. The van der Waals surface area contributed by atoms with E-state index >= 15 is 0 Å². The first-order valence-electron chi connectivity index (χ1n) is 5.43. The van der Waals surface area contributed by atoms with Crippen LogP contribution < -0.4 is 10.6 Å². The number of aromatic nitrogens is 4. The fourth-order valence-corrected chi connectivity index (χ4v) is 1.58. The van der Waals surface area contributed by atoms with Gasteiger partial charge < -0.3 is 10.6 Å². The lowest BCUT2D eigenvalue weighted by Crippen LogP contribution is -2.32. The fourth-order valence-electron chi connectivity index (χ4n) is 1.58. The van der Waals surface area contributed by atoms with Gasteiger partial charge in [-0.05, 0) is 29.5 Å². The van der Waals surface area contributed by atoms with E-state index in [2.05, 4.69) is 15.5 Å². The van der Waals surface area contributed by atoms with Crippen LogP contribution >= 0.6 is 0 Å². The van der Waals surface area contributed by atoms with Gasteiger partial charge in [-0.1, -0.05) is 22.8 Å². The lowest BCUT2D eigenvalue weighted by Gasteiger charge is -2.15. The number of hydrogen-bond acceptors (Lipinski definition) is 5. The Morgan fingerprint density at radius 1 is 1.39 bits per heavy atom. The predicted molar refractivity (Wildman–Crippen MR) is 66.4 cm³/mol. The largest absolute Gasteiger partial charge is 0.368 e. The molecule has 7 nitrogen and oxygen atoms in total. The van der Waals surface area contributed by atoms with Gasteiger partial charge in [-0.25, -0.2) is 0 Å². The molecule has 0 radical (unpaired) electrons. The summed E-state index contributed by atoms with van der Waals surface area (Å²) in [7, 11) is 1.71. The standard InChI is InChI=1S/C11H14N6O/c1-8-3-5-9(6-4-8)17-11(13-14-15-17)16(2)7-10(12)18/h3-6H,7H2,1-2H3,(H2,12,18). The van der Waals surface area contributed by atoms with Crippen molar-refractivity contribution in [3.05, 3.63) is 29.8 Å². The van der Waals surface area contributed by atoms with Crippen LogP contribution in [0.1, 0.15) is 5.56 Å². The number of amides is 1. The molecule has 1 amide bonds. The van der Waals surface area contributed by atoms with E-state index in [0.717, 1.165) is 11.3 Å². The van der Waals surface area contributed by atoms with Gasteiger partial charge in [0.25, 0.3) is 5.95 Å². The Morgan fingerprint density at radius 2 is 2.06 bits per heavy atom. The highest BCUT2D eigenvalue weighted by molar-refractivity contribution is 5.78. The number of primary amides is 1. The molecule has 0 bridgehead atoms. The van der Waals surface area contributed by atoms with Gasteiger partial charge in [-0.3, -0.25) is 4.79 Å². The molecule has 0 unspecified atom stereocenters. The third-order valence-corrected chi connectivity index (χ3v) is 2.47. The Balaban J connectivity index is 2.32. The second kappa shape index (κ2) is 4.82. The van der Waals surface area contributed by atoms with Crippen LogP contribution in [0.3, 0.4) is 0 Å². The normalized spacial score (nSPS) is 10.3. The van der Waals surface area contributed by atoms with Gasteiger partial charge in [0.1, 0.15) is 0 Å². The molecule has 0 aliphatic carbocycles. The summed E-state index contributed by atoms with van der Waals surface area (Å²) in [4.78, 5) is 12.5. The van der Waals surface area contributed by atoms with Crippen molar-refractivity contribution >= 4 is 11.9 Å². The van der Waals surface area contributed by atoms with Crippen LogP contribution in [0, 0.1) is 6.92 Å². The molecule has 1 aromatic carbocycles. The van der Waals surface area contributed by atoms with Crippen molar-refractivity contribution in [1.82, 2.24) is 20.2 Å². The molecule has 0 fully saturated rings. The smallest absolute Gasteiger partial charge is 0.250 e. The number of nitrogens with zero attached hydrogens (tertiary/aromatic N) is 5. The average Bonchev–Trinajstić information content (AvgIpc) is 2.78. The molecule has 2 N–H and O–H groups in total. The van der Waals surface area contributed by atoms with Crippen LogP contribution in [-0.2, 0) is 4.79 Å². The summed E-state index contributed by atoms with van der Waals surface area (Å²) in [6.07, 6.45) is 0. The molecule has 2 rings (SSSR count). The number of carbonyl (C=O) groups excluding carboxylic acids is 1. The van der Waals surface area contributed by atoms with Gasteiger partial charge in [0.15, 0.2) is 0 Å². The second-order valence-corrected chi connectivity index (χ2v) is 4.05. The second-order valence-electron chi connectivity index (χ2n) is 4.05. The first-order chi connectivity index (χ1) is 8.58. The molecule has 7 heteroatoms. The molecule has 0 saturated heterocycles. The van der Waals surface area contributed by atoms with E-state index in [4.69, 9.17) is 5.73 Å². The first-order valence-corrected chi connectivity index (χ1v) is 5.43. The lowest BCUT2D eigenvalue weighted by molar-refractivity contribution is -0.116. The van der Waals surface area contributed by atoms with E-state index < -0.39 is 5.91 Å². The summed E-state index contributed by atoms with van der Waals surface area (Å²) in [6.45, 7) is 2.07. The van der Waals surface area contributed by atoms with Gasteiger partial charge in [0.2, 0.25) is 5.91 Å². The summed E-state index contributed by atoms with van der Waals surface area (Å²) in [5.74, 6) is 0.0357.